The number of aromatic nitrogens is 1. The van der Waals surface area contributed by atoms with E-state index in [-0.39, 0.29) is 30.0 Å². The molecule has 1 fully saturated rings. The Labute approximate surface area is 173 Å². The molecule has 0 aliphatic carbocycles. The van der Waals surface area contributed by atoms with Crippen LogP contribution in [0.3, 0.4) is 0 Å². The average molecular weight is 408 g/mol. The van der Waals surface area contributed by atoms with Crippen LogP contribution in [-0.4, -0.2) is 49.0 Å². The van der Waals surface area contributed by atoms with Crippen molar-refractivity contribution >= 4 is 16.7 Å². The normalized spacial score (nSPS) is 18.5. The topological polar surface area (TPSA) is 101 Å². The van der Waals surface area contributed by atoms with Crippen molar-refractivity contribution in [3.63, 3.8) is 0 Å². The van der Waals surface area contributed by atoms with E-state index in [2.05, 4.69) is 10.3 Å². The van der Waals surface area contributed by atoms with Crippen LogP contribution in [0.2, 0.25) is 0 Å². The van der Waals surface area contributed by atoms with Gasteiger partial charge in [0.2, 0.25) is 5.91 Å². The zero-order valence-electron chi connectivity index (χ0n) is 16.7. The van der Waals surface area contributed by atoms with E-state index < -0.39 is 0 Å². The lowest BCUT2D eigenvalue weighted by Crippen LogP contribution is -2.28. The molecule has 7 heteroatoms. The summed E-state index contributed by atoms with van der Waals surface area (Å²) in [5.74, 6) is 0.183. The summed E-state index contributed by atoms with van der Waals surface area (Å²) in [5, 5.41) is 13.4. The van der Waals surface area contributed by atoms with Gasteiger partial charge in [0.25, 0.3) is 5.56 Å². The number of carbonyl (C=O) groups is 1. The zero-order chi connectivity index (χ0) is 21.1. The number of aliphatic hydroxyl groups is 1. The fourth-order valence-electron chi connectivity index (χ4n) is 3.85. The summed E-state index contributed by atoms with van der Waals surface area (Å²) in [5.41, 5.74) is 2.00. The Morgan fingerprint density at radius 2 is 1.93 bits per heavy atom. The van der Waals surface area contributed by atoms with Gasteiger partial charge in [-0.2, -0.15) is 0 Å². The number of benzene rings is 2. The van der Waals surface area contributed by atoms with E-state index >= 15 is 0 Å². The number of carbonyl (C=O) groups excluding carboxylic acids is 1. The molecular formula is C23H24N2O5. The SMILES string of the molecule is COCCOc1ccccc1-c1cc2ccc([C@H]3CC(CO)NC3=O)cc2c(=O)[nH]1. The van der Waals surface area contributed by atoms with Crippen molar-refractivity contribution in [3.8, 4) is 17.0 Å². The number of ether oxygens (including phenoxy) is 2. The van der Waals surface area contributed by atoms with Gasteiger partial charge in [0.05, 0.1) is 30.9 Å². The van der Waals surface area contributed by atoms with Crippen LogP contribution >= 0.6 is 0 Å². The Hall–Kier alpha value is -3.16. The third-order valence-corrected chi connectivity index (χ3v) is 5.40. The van der Waals surface area contributed by atoms with E-state index in [1.807, 2.05) is 42.5 Å². The number of aliphatic hydroxyl groups excluding tert-OH is 1. The van der Waals surface area contributed by atoms with Crippen molar-refractivity contribution in [2.24, 2.45) is 0 Å². The Morgan fingerprint density at radius 3 is 2.70 bits per heavy atom. The minimum atomic E-state index is -0.361. The van der Waals surface area contributed by atoms with E-state index in [0.717, 1.165) is 16.5 Å². The van der Waals surface area contributed by atoms with Gasteiger partial charge < -0.3 is 24.9 Å². The molecule has 2 atom stereocenters. The molecule has 156 valence electrons. The van der Waals surface area contributed by atoms with Crippen LogP contribution in [0.4, 0.5) is 0 Å². The number of aromatic amines is 1. The van der Waals surface area contributed by atoms with Crippen LogP contribution in [0.5, 0.6) is 5.75 Å². The highest BCUT2D eigenvalue weighted by molar-refractivity contribution is 5.90. The van der Waals surface area contributed by atoms with Crippen LogP contribution in [0.25, 0.3) is 22.0 Å². The number of amides is 1. The highest BCUT2D eigenvalue weighted by Gasteiger charge is 2.32. The van der Waals surface area contributed by atoms with E-state index in [1.54, 1.807) is 13.2 Å². The van der Waals surface area contributed by atoms with Crippen molar-refractivity contribution in [1.29, 1.82) is 0 Å². The molecule has 2 aromatic carbocycles. The second-order valence-electron chi connectivity index (χ2n) is 7.37. The molecule has 7 nitrogen and oxygen atoms in total. The molecule has 1 saturated heterocycles. The van der Waals surface area contributed by atoms with Crippen molar-refractivity contribution in [1.82, 2.24) is 10.3 Å². The highest BCUT2D eigenvalue weighted by Crippen LogP contribution is 2.31. The van der Waals surface area contributed by atoms with Crippen molar-refractivity contribution in [3.05, 3.63) is 64.4 Å². The maximum absolute atomic E-state index is 12.9. The van der Waals surface area contributed by atoms with E-state index in [1.165, 1.54) is 0 Å². The second kappa shape index (κ2) is 8.69. The average Bonchev–Trinajstić information content (AvgIpc) is 3.15. The summed E-state index contributed by atoms with van der Waals surface area (Å²) in [6.07, 6.45) is 0.517. The first-order chi connectivity index (χ1) is 14.6. The number of rotatable bonds is 7. The predicted octanol–water partition coefficient (Wildman–Crippen LogP) is 2.18. The Bertz CT molecular complexity index is 1120. The summed E-state index contributed by atoms with van der Waals surface area (Å²) < 4.78 is 10.8. The molecule has 0 saturated carbocycles. The molecule has 30 heavy (non-hydrogen) atoms. The van der Waals surface area contributed by atoms with Crippen LogP contribution in [0, 0.1) is 0 Å². The number of pyridine rings is 1. The molecule has 1 amide bonds. The fourth-order valence-corrected chi connectivity index (χ4v) is 3.85. The van der Waals surface area contributed by atoms with Crippen molar-refractivity contribution < 1.29 is 19.4 Å². The van der Waals surface area contributed by atoms with Crippen molar-refractivity contribution in [2.45, 2.75) is 18.4 Å². The summed E-state index contributed by atoms with van der Waals surface area (Å²) in [7, 11) is 1.61. The van der Waals surface area contributed by atoms with Gasteiger partial charge in [-0.3, -0.25) is 9.59 Å². The molecule has 1 unspecified atom stereocenters. The van der Waals surface area contributed by atoms with Gasteiger partial charge in [0, 0.05) is 18.1 Å². The molecule has 0 spiro atoms. The number of hydrogen-bond acceptors (Lipinski definition) is 5. The first kappa shape index (κ1) is 20.1. The number of hydrogen-bond donors (Lipinski definition) is 3. The smallest absolute Gasteiger partial charge is 0.256 e. The standard InChI is InChI=1S/C23H24N2O5/c1-29-8-9-30-21-5-3-2-4-17(21)20-11-15-7-6-14(10-18(15)23(28)25-20)19-12-16(13-26)24-22(19)27/h2-7,10-11,16,19,26H,8-9,12-13H2,1H3,(H,24,27)(H,25,28)/t16?,19-/m1/s1. The summed E-state index contributed by atoms with van der Waals surface area (Å²) in [6, 6.07) is 14.7. The van der Waals surface area contributed by atoms with Crippen LogP contribution < -0.4 is 15.6 Å². The molecule has 1 aliphatic rings. The number of para-hydroxylation sites is 1. The number of methoxy groups -OCH3 is 1. The Kier molecular flexibility index (Phi) is 5.83. The van der Waals surface area contributed by atoms with Gasteiger partial charge in [-0.1, -0.05) is 24.3 Å². The van der Waals surface area contributed by atoms with Gasteiger partial charge in [0.1, 0.15) is 12.4 Å². The Morgan fingerprint density at radius 1 is 1.10 bits per heavy atom. The lowest BCUT2D eigenvalue weighted by molar-refractivity contribution is -0.120. The van der Waals surface area contributed by atoms with E-state index in [9.17, 15) is 14.7 Å². The highest BCUT2D eigenvalue weighted by atomic mass is 16.5. The van der Waals surface area contributed by atoms with Gasteiger partial charge in [-0.15, -0.1) is 0 Å². The number of fused-ring (bicyclic) bond motifs is 1. The largest absolute Gasteiger partial charge is 0.490 e. The summed E-state index contributed by atoms with van der Waals surface area (Å²) >= 11 is 0. The minimum Gasteiger partial charge on any atom is -0.490 e. The quantitative estimate of drug-likeness (QED) is 0.521. The molecule has 3 N–H and O–H groups in total. The Balaban J connectivity index is 1.69. The fraction of sp³-hybridized carbons (Fsp3) is 0.304. The van der Waals surface area contributed by atoms with E-state index in [4.69, 9.17) is 9.47 Å². The van der Waals surface area contributed by atoms with Crippen LogP contribution in [0.15, 0.2) is 53.3 Å². The molecule has 1 aliphatic heterocycles. The third-order valence-electron chi connectivity index (χ3n) is 5.40. The first-order valence-electron chi connectivity index (χ1n) is 9.90. The number of H-pyrrole nitrogens is 1. The maximum Gasteiger partial charge on any atom is 0.256 e. The zero-order valence-corrected chi connectivity index (χ0v) is 16.7. The van der Waals surface area contributed by atoms with E-state index in [0.29, 0.717) is 36.5 Å². The lowest BCUT2D eigenvalue weighted by atomic mass is 9.93. The number of nitrogens with one attached hydrogen (secondary N) is 2. The van der Waals surface area contributed by atoms with Gasteiger partial charge in [-0.05, 0) is 41.6 Å². The molecule has 1 aromatic heterocycles. The summed E-state index contributed by atoms with van der Waals surface area (Å²) in [4.78, 5) is 28.0. The predicted molar refractivity (Wildman–Crippen MR) is 114 cm³/mol. The van der Waals surface area contributed by atoms with Crippen LogP contribution in [-0.2, 0) is 9.53 Å². The van der Waals surface area contributed by atoms with Gasteiger partial charge in [-0.25, -0.2) is 0 Å². The third kappa shape index (κ3) is 3.94. The molecule has 3 aromatic rings. The van der Waals surface area contributed by atoms with Crippen molar-refractivity contribution in [2.75, 3.05) is 26.9 Å². The van der Waals surface area contributed by atoms with Gasteiger partial charge in [0.15, 0.2) is 0 Å². The van der Waals surface area contributed by atoms with Gasteiger partial charge >= 0.3 is 0 Å². The molecule has 0 radical (unpaired) electrons. The first-order valence-corrected chi connectivity index (χ1v) is 9.90. The summed E-state index contributed by atoms with van der Waals surface area (Å²) in [6.45, 7) is 0.788. The molecule has 2 heterocycles. The molecular weight excluding hydrogens is 384 g/mol. The second-order valence-corrected chi connectivity index (χ2v) is 7.37. The van der Waals surface area contributed by atoms with Crippen LogP contribution in [0.1, 0.15) is 17.9 Å². The molecule has 0 bridgehead atoms. The molecule has 4 rings (SSSR count). The monoisotopic (exact) mass is 408 g/mol. The minimum absolute atomic E-state index is 0.0916. The lowest BCUT2D eigenvalue weighted by Gasteiger charge is -2.13. The maximum atomic E-state index is 12.9.